The molecule has 2 atom stereocenters. The minimum absolute atomic E-state index is 0.0145. The van der Waals surface area contributed by atoms with E-state index in [-0.39, 0.29) is 18.5 Å². The molecule has 0 spiro atoms. The fourth-order valence-electron chi connectivity index (χ4n) is 10.7. The van der Waals surface area contributed by atoms with Crippen molar-refractivity contribution in [3.8, 4) is 0 Å². The molecule has 6 heteroatoms. The van der Waals surface area contributed by atoms with Gasteiger partial charge in [-0.15, -0.1) is 0 Å². The van der Waals surface area contributed by atoms with Crippen LogP contribution in [0.2, 0.25) is 0 Å². The molecular weight excluding hydrogens is 923 g/mol. The zero-order chi connectivity index (χ0) is 54.3. The van der Waals surface area contributed by atoms with E-state index in [1.807, 2.05) is 6.08 Å². The molecular formula is C69H133NO5. The van der Waals surface area contributed by atoms with Crippen molar-refractivity contribution in [2.75, 3.05) is 13.2 Å². The van der Waals surface area contributed by atoms with Gasteiger partial charge >= 0.3 is 5.97 Å². The number of unbranched alkanes of at least 4 members (excludes halogenated alkanes) is 51. The van der Waals surface area contributed by atoms with Gasteiger partial charge in [-0.1, -0.05) is 334 Å². The topological polar surface area (TPSA) is 95.9 Å². The smallest absolute Gasteiger partial charge is 0.305 e. The van der Waals surface area contributed by atoms with E-state index in [1.54, 1.807) is 6.08 Å². The number of ether oxygens (including phenoxy) is 1. The second-order valence-electron chi connectivity index (χ2n) is 23.5. The van der Waals surface area contributed by atoms with Crippen molar-refractivity contribution in [1.29, 1.82) is 0 Å². The summed E-state index contributed by atoms with van der Waals surface area (Å²) >= 11 is 0. The van der Waals surface area contributed by atoms with Gasteiger partial charge in [0, 0.05) is 12.8 Å². The molecule has 0 saturated heterocycles. The average molecular weight is 1060 g/mol. The van der Waals surface area contributed by atoms with E-state index in [9.17, 15) is 19.8 Å². The van der Waals surface area contributed by atoms with E-state index >= 15 is 0 Å². The first-order valence-corrected chi connectivity index (χ1v) is 34.1. The second kappa shape index (κ2) is 64.9. The van der Waals surface area contributed by atoms with Crippen LogP contribution in [0.3, 0.4) is 0 Å². The van der Waals surface area contributed by atoms with Gasteiger partial charge in [-0.25, -0.2) is 0 Å². The lowest BCUT2D eigenvalue weighted by Gasteiger charge is -2.20. The molecule has 2 unspecified atom stereocenters. The summed E-state index contributed by atoms with van der Waals surface area (Å²) in [6.45, 7) is 4.93. The van der Waals surface area contributed by atoms with Crippen molar-refractivity contribution in [3.63, 3.8) is 0 Å². The van der Waals surface area contributed by atoms with Gasteiger partial charge in [0.25, 0.3) is 0 Å². The Bertz CT molecular complexity index is 1170. The number of aliphatic hydroxyl groups excluding tert-OH is 2. The Kier molecular flexibility index (Phi) is 63.4. The Hall–Kier alpha value is -1.66. The number of carbonyl (C=O) groups excluding carboxylic acids is 2. The molecule has 444 valence electrons. The Labute approximate surface area is 469 Å². The van der Waals surface area contributed by atoms with Crippen molar-refractivity contribution >= 4 is 11.9 Å². The molecule has 3 N–H and O–H groups in total. The van der Waals surface area contributed by atoms with Gasteiger partial charge < -0.3 is 20.3 Å². The Morgan fingerprint density at radius 1 is 0.360 bits per heavy atom. The van der Waals surface area contributed by atoms with E-state index in [0.717, 1.165) is 44.9 Å². The van der Waals surface area contributed by atoms with E-state index in [4.69, 9.17) is 4.74 Å². The largest absolute Gasteiger partial charge is 0.466 e. The Balaban J connectivity index is 3.35. The van der Waals surface area contributed by atoms with Crippen LogP contribution in [0.15, 0.2) is 24.3 Å². The van der Waals surface area contributed by atoms with E-state index in [2.05, 4.69) is 31.3 Å². The first-order chi connectivity index (χ1) is 37.0. The number of amides is 1. The molecule has 6 nitrogen and oxygen atoms in total. The van der Waals surface area contributed by atoms with E-state index in [1.165, 1.54) is 308 Å². The maximum atomic E-state index is 12.5. The van der Waals surface area contributed by atoms with Crippen LogP contribution in [-0.2, 0) is 14.3 Å². The quantitative estimate of drug-likeness (QED) is 0.0320. The number of aliphatic hydroxyl groups is 2. The van der Waals surface area contributed by atoms with E-state index in [0.29, 0.717) is 19.4 Å². The van der Waals surface area contributed by atoms with Crippen LogP contribution in [0.4, 0.5) is 0 Å². The fourth-order valence-corrected chi connectivity index (χ4v) is 10.7. The fraction of sp³-hybridized carbons (Fsp3) is 0.913. The Morgan fingerprint density at radius 2 is 0.627 bits per heavy atom. The normalized spacial score (nSPS) is 12.6. The molecule has 0 aliphatic rings. The molecule has 0 heterocycles. The predicted octanol–water partition coefficient (Wildman–Crippen LogP) is 21.8. The number of nitrogens with one attached hydrogen (secondary N) is 1. The minimum Gasteiger partial charge on any atom is -0.466 e. The van der Waals surface area contributed by atoms with Crippen LogP contribution < -0.4 is 5.32 Å². The van der Waals surface area contributed by atoms with E-state index < -0.39 is 12.1 Å². The van der Waals surface area contributed by atoms with Crippen molar-refractivity contribution in [2.24, 2.45) is 0 Å². The van der Waals surface area contributed by atoms with Crippen LogP contribution in [0.5, 0.6) is 0 Å². The third-order valence-corrected chi connectivity index (χ3v) is 16.0. The SMILES string of the molecule is CCCCCCCCC/C=C\CCCCCCCCCC(=O)OCCCCCCCCCCCCCCCCCCCCCCCCCCCCC(=O)NC(CO)C(O)/C=C/CCCCCCCCCCCCCC. The highest BCUT2D eigenvalue weighted by molar-refractivity contribution is 5.76. The lowest BCUT2D eigenvalue weighted by molar-refractivity contribution is -0.143. The number of carbonyl (C=O) groups is 2. The summed E-state index contributed by atoms with van der Waals surface area (Å²) in [5, 5.41) is 23.1. The summed E-state index contributed by atoms with van der Waals surface area (Å²) in [6, 6.07) is -0.625. The molecule has 0 bridgehead atoms. The molecule has 0 rings (SSSR count). The van der Waals surface area contributed by atoms with Crippen LogP contribution in [-0.4, -0.2) is 47.4 Å². The number of allylic oxidation sites excluding steroid dienone is 3. The summed E-state index contributed by atoms with van der Waals surface area (Å²) in [5.74, 6) is -0.0493. The molecule has 0 aromatic heterocycles. The zero-order valence-corrected chi connectivity index (χ0v) is 50.8. The predicted molar refractivity (Wildman–Crippen MR) is 329 cm³/mol. The number of rotatable bonds is 64. The van der Waals surface area contributed by atoms with Crippen LogP contribution in [0, 0.1) is 0 Å². The molecule has 0 aliphatic heterocycles. The highest BCUT2D eigenvalue weighted by Gasteiger charge is 2.18. The second-order valence-corrected chi connectivity index (χ2v) is 23.5. The standard InChI is InChI=1S/C69H133NO5/c1-3-5-7-9-11-13-15-17-19-20-32-35-39-43-47-51-55-59-63-69(74)75-64-60-56-52-48-44-40-36-33-30-28-26-24-22-21-23-25-27-29-31-34-38-42-46-50-54-58-62-68(73)70-66(65-71)67(72)61-57-53-49-45-41-37-18-16-14-12-10-8-6-4-2/h19-20,57,61,66-67,71-72H,3-18,21-56,58-60,62-65H2,1-2H3,(H,70,73)/b20-19-,61-57+. The molecule has 0 fully saturated rings. The van der Waals surface area contributed by atoms with Crippen LogP contribution >= 0.6 is 0 Å². The molecule has 0 aromatic carbocycles. The third kappa shape index (κ3) is 61.4. The summed E-state index contributed by atoms with van der Waals surface area (Å²) in [7, 11) is 0. The molecule has 0 aromatic rings. The number of hydrogen-bond acceptors (Lipinski definition) is 5. The van der Waals surface area contributed by atoms with Crippen molar-refractivity contribution in [1.82, 2.24) is 5.32 Å². The van der Waals surface area contributed by atoms with Gasteiger partial charge in [0.15, 0.2) is 0 Å². The van der Waals surface area contributed by atoms with Gasteiger partial charge in [0.1, 0.15) is 0 Å². The molecule has 75 heavy (non-hydrogen) atoms. The summed E-state index contributed by atoms with van der Waals surface area (Å²) in [6.07, 6.45) is 81.0. The van der Waals surface area contributed by atoms with Crippen molar-refractivity contribution in [2.45, 2.75) is 392 Å². The van der Waals surface area contributed by atoms with Crippen molar-refractivity contribution < 1.29 is 24.5 Å². The summed E-state index contributed by atoms with van der Waals surface area (Å²) in [5.41, 5.74) is 0. The molecule has 0 radical (unpaired) electrons. The van der Waals surface area contributed by atoms with Crippen LogP contribution in [0.1, 0.15) is 380 Å². The Morgan fingerprint density at radius 3 is 0.947 bits per heavy atom. The first-order valence-electron chi connectivity index (χ1n) is 34.1. The molecule has 0 saturated carbocycles. The van der Waals surface area contributed by atoms with Gasteiger partial charge in [-0.05, 0) is 57.8 Å². The minimum atomic E-state index is -0.842. The molecule has 0 aliphatic carbocycles. The maximum absolute atomic E-state index is 12.5. The molecule has 1 amide bonds. The average Bonchev–Trinajstić information content (AvgIpc) is 3.41. The zero-order valence-electron chi connectivity index (χ0n) is 50.8. The van der Waals surface area contributed by atoms with Crippen molar-refractivity contribution in [3.05, 3.63) is 24.3 Å². The first kappa shape index (κ1) is 73.3. The number of hydrogen-bond donors (Lipinski definition) is 3. The van der Waals surface area contributed by atoms with Gasteiger partial charge in [-0.2, -0.15) is 0 Å². The lowest BCUT2D eigenvalue weighted by atomic mass is 10.0. The highest BCUT2D eigenvalue weighted by Crippen LogP contribution is 2.18. The number of esters is 1. The maximum Gasteiger partial charge on any atom is 0.305 e. The lowest BCUT2D eigenvalue weighted by Crippen LogP contribution is -2.45. The van der Waals surface area contributed by atoms with Gasteiger partial charge in [0.2, 0.25) is 5.91 Å². The summed E-state index contributed by atoms with van der Waals surface area (Å²) < 4.78 is 5.50. The van der Waals surface area contributed by atoms with Crippen LogP contribution in [0.25, 0.3) is 0 Å². The van der Waals surface area contributed by atoms with Gasteiger partial charge in [0.05, 0.1) is 25.4 Å². The summed E-state index contributed by atoms with van der Waals surface area (Å²) in [4.78, 5) is 24.6. The third-order valence-electron chi connectivity index (χ3n) is 16.0. The highest BCUT2D eigenvalue weighted by atomic mass is 16.5. The van der Waals surface area contributed by atoms with Gasteiger partial charge in [-0.3, -0.25) is 9.59 Å². The monoisotopic (exact) mass is 1060 g/mol.